The fraction of sp³-hybridized carbons (Fsp3) is 0.783. The molecular formula is C23H36N2OS. The van der Waals surface area contributed by atoms with Gasteiger partial charge in [0.25, 0.3) is 5.91 Å². The predicted molar refractivity (Wildman–Crippen MR) is 114 cm³/mol. The Kier molecular flexibility index (Phi) is 6.54. The minimum Gasteiger partial charge on any atom is -0.351 e. The molecule has 2 fully saturated rings. The summed E-state index contributed by atoms with van der Waals surface area (Å²) in [5, 5.41) is 3.37. The molecule has 4 rings (SSSR count). The van der Waals surface area contributed by atoms with Gasteiger partial charge >= 0.3 is 0 Å². The third kappa shape index (κ3) is 4.95. The molecule has 0 spiro atoms. The maximum Gasteiger partial charge on any atom is 0.261 e. The Morgan fingerprint density at radius 1 is 0.963 bits per heavy atom. The van der Waals surface area contributed by atoms with E-state index in [0.717, 1.165) is 17.8 Å². The van der Waals surface area contributed by atoms with E-state index in [-0.39, 0.29) is 5.91 Å². The summed E-state index contributed by atoms with van der Waals surface area (Å²) in [4.78, 5) is 18.0. The molecular weight excluding hydrogens is 352 g/mol. The maximum atomic E-state index is 12.9. The van der Waals surface area contributed by atoms with E-state index < -0.39 is 0 Å². The van der Waals surface area contributed by atoms with Crippen molar-refractivity contribution in [3.8, 4) is 0 Å². The maximum absolute atomic E-state index is 12.9. The minimum atomic E-state index is 0.179. The molecule has 0 radical (unpaired) electrons. The molecule has 1 N–H and O–H groups in total. The second kappa shape index (κ2) is 9.09. The normalized spacial score (nSPS) is 23.4. The number of aryl methyl sites for hydroxylation is 2. The largest absolute Gasteiger partial charge is 0.351 e. The molecule has 2 aliphatic carbocycles. The number of carbonyl (C=O) groups excluding carboxylic acids is 1. The minimum absolute atomic E-state index is 0.179. The van der Waals surface area contributed by atoms with Crippen LogP contribution in [0, 0.1) is 5.41 Å². The monoisotopic (exact) mass is 388 g/mol. The Balaban J connectivity index is 1.39. The number of likely N-dealkylation sites (tertiary alicyclic amines) is 1. The van der Waals surface area contributed by atoms with E-state index in [4.69, 9.17) is 0 Å². The molecule has 1 aromatic rings. The number of rotatable bonds is 5. The van der Waals surface area contributed by atoms with E-state index in [1.165, 1.54) is 107 Å². The van der Waals surface area contributed by atoms with Gasteiger partial charge in [0.1, 0.15) is 0 Å². The van der Waals surface area contributed by atoms with Crippen molar-refractivity contribution in [1.29, 1.82) is 0 Å². The van der Waals surface area contributed by atoms with Gasteiger partial charge in [-0.05, 0) is 76.1 Å². The Morgan fingerprint density at radius 2 is 1.67 bits per heavy atom. The van der Waals surface area contributed by atoms with E-state index in [2.05, 4.69) is 16.3 Å². The molecule has 1 aliphatic heterocycles. The number of hydrogen-bond donors (Lipinski definition) is 1. The van der Waals surface area contributed by atoms with Gasteiger partial charge in [-0.2, -0.15) is 0 Å². The van der Waals surface area contributed by atoms with Crippen LogP contribution in [-0.2, 0) is 12.8 Å². The summed E-state index contributed by atoms with van der Waals surface area (Å²) in [6.07, 6.45) is 16.9. The fourth-order valence-electron chi connectivity index (χ4n) is 5.42. The van der Waals surface area contributed by atoms with Gasteiger partial charge in [0.05, 0.1) is 4.88 Å². The third-order valence-corrected chi connectivity index (χ3v) is 8.25. The highest BCUT2D eigenvalue weighted by Gasteiger charge is 2.35. The highest BCUT2D eigenvalue weighted by molar-refractivity contribution is 7.14. The van der Waals surface area contributed by atoms with Crippen LogP contribution in [0.15, 0.2) is 6.07 Å². The van der Waals surface area contributed by atoms with Crippen LogP contribution in [0.2, 0.25) is 0 Å². The summed E-state index contributed by atoms with van der Waals surface area (Å²) < 4.78 is 0. The van der Waals surface area contributed by atoms with Crippen LogP contribution < -0.4 is 5.32 Å². The van der Waals surface area contributed by atoms with Crippen LogP contribution in [0.4, 0.5) is 0 Å². The lowest BCUT2D eigenvalue weighted by Gasteiger charge is -2.40. The lowest BCUT2D eigenvalue weighted by Crippen LogP contribution is -2.46. The lowest BCUT2D eigenvalue weighted by atomic mass is 9.73. The number of amides is 1. The van der Waals surface area contributed by atoms with Gasteiger partial charge in [-0.15, -0.1) is 11.3 Å². The van der Waals surface area contributed by atoms with Gasteiger partial charge in [-0.1, -0.05) is 32.1 Å². The number of nitrogens with one attached hydrogen (secondary N) is 1. The van der Waals surface area contributed by atoms with Gasteiger partial charge in [-0.25, -0.2) is 0 Å². The summed E-state index contributed by atoms with van der Waals surface area (Å²) in [6.45, 7) is 4.57. The number of hydrogen-bond acceptors (Lipinski definition) is 3. The second-order valence-corrected chi connectivity index (χ2v) is 10.3. The molecule has 1 aromatic heterocycles. The first kappa shape index (κ1) is 19.4. The third-order valence-electron chi connectivity index (χ3n) is 7.02. The first-order valence-electron chi connectivity index (χ1n) is 11.4. The first-order valence-corrected chi connectivity index (χ1v) is 12.2. The molecule has 150 valence electrons. The number of nitrogens with zero attached hydrogens (tertiary/aromatic N) is 1. The lowest BCUT2D eigenvalue weighted by molar-refractivity contribution is 0.0855. The van der Waals surface area contributed by atoms with E-state index >= 15 is 0 Å². The van der Waals surface area contributed by atoms with Crippen molar-refractivity contribution in [3.63, 3.8) is 0 Å². The summed E-state index contributed by atoms with van der Waals surface area (Å²) in [6, 6.07) is 2.20. The van der Waals surface area contributed by atoms with E-state index in [1.54, 1.807) is 11.3 Å². The van der Waals surface area contributed by atoms with Crippen LogP contribution in [-0.4, -0.2) is 37.0 Å². The SMILES string of the molecule is O=C(NCC1(CN2CCCC2)CCCCC1)c1cc2c(s1)CCCCCC2. The second-order valence-electron chi connectivity index (χ2n) is 9.20. The van der Waals surface area contributed by atoms with Crippen molar-refractivity contribution in [2.75, 3.05) is 26.2 Å². The van der Waals surface area contributed by atoms with Crippen LogP contribution in [0.25, 0.3) is 0 Å². The molecule has 2 heterocycles. The van der Waals surface area contributed by atoms with Crippen molar-refractivity contribution in [2.24, 2.45) is 5.41 Å². The first-order chi connectivity index (χ1) is 13.2. The Bertz CT molecular complexity index is 601. The zero-order valence-corrected chi connectivity index (χ0v) is 17.7. The highest BCUT2D eigenvalue weighted by atomic mass is 32.1. The molecule has 1 amide bonds. The van der Waals surface area contributed by atoms with Crippen molar-refractivity contribution >= 4 is 17.2 Å². The van der Waals surface area contributed by atoms with Crippen molar-refractivity contribution in [1.82, 2.24) is 10.2 Å². The van der Waals surface area contributed by atoms with Crippen LogP contribution >= 0.6 is 11.3 Å². The molecule has 0 unspecified atom stereocenters. The van der Waals surface area contributed by atoms with Gasteiger partial charge < -0.3 is 10.2 Å². The molecule has 0 aromatic carbocycles. The molecule has 1 saturated heterocycles. The molecule has 1 saturated carbocycles. The zero-order chi connectivity index (χ0) is 18.5. The number of fused-ring (bicyclic) bond motifs is 1. The topological polar surface area (TPSA) is 32.3 Å². The van der Waals surface area contributed by atoms with Crippen LogP contribution in [0.1, 0.15) is 90.7 Å². The van der Waals surface area contributed by atoms with Gasteiger partial charge in [-0.3, -0.25) is 4.79 Å². The van der Waals surface area contributed by atoms with E-state index in [9.17, 15) is 4.79 Å². The fourth-order valence-corrected chi connectivity index (χ4v) is 6.59. The van der Waals surface area contributed by atoms with Crippen LogP contribution in [0.5, 0.6) is 0 Å². The van der Waals surface area contributed by atoms with Crippen molar-refractivity contribution < 1.29 is 4.79 Å². The summed E-state index contributed by atoms with van der Waals surface area (Å²) in [7, 11) is 0. The summed E-state index contributed by atoms with van der Waals surface area (Å²) >= 11 is 1.76. The summed E-state index contributed by atoms with van der Waals surface area (Å²) in [5.41, 5.74) is 1.76. The quantitative estimate of drug-likeness (QED) is 0.753. The van der Waals surface area contributed by atoms with E-state index in [0.29, 0.717) is 5.41 Å². The van der Waals surface area contributed by atoms with Crippen LogP contribution in [0.3, 0.4) is 0 Å². The molecule has 4 heteroatoms. The smallest absolute Gasteiger partial charge is 0.261 e. The average Bonchev–Trinajstić information content (AvgIpc) is 3.30. The number of thiophene rings is 1. The Hall–Kier alpha value is -0.870. The van der Waals surface area contributed by atoms with Crippen molar-refractivity contribution in [2.45, 2.75) is 83.5 Å². The summed E-state index contributed by atoms with van der Waals surface area (Å²) in [5.74, 6) is 0.179. The van der Waals surface area contributed by atoms with Crippen molar-refractivity contribution in [3.05, 3.63) is 21.4 Å². The Morgan fingerprint density at radius 3 is 2.44 bits per heavy atom. The molecule has 0 atom stereocenters. The predicted octanol–water partition coefficient (Wildman–Crippen LogP) is 5.18. The van der Waals surface area contributed by atoms with E-state index in [1.807, 2.05) is 0 Å². The van der Waals surface area contributed by atoms with Gasteiger partial charge in [0, 0.05) is 23.4 Å². The molecule has 27 heavy (non-hydrogen) atoms. The number of carbonyl (C=O) groups is 1. The Labute approximate surface area is 168 Å². The average molecular weight is 389 g/mol. The van der Waals surface area contributed by atoms with Gasteiger partial charge in [0.2, 0.25) is 0 Å². The van der Waals surface area contributed by atoms with Gasteiger partial charge in [0.15, 0.2) is 0 Å². The molecule has 3 aliphatic rings. The standard InChI is InChI=1S/C23H36N2OS/c26-22(21-16-19-10-4-1-2-5-11-20(19)27-21)24-17-23(12-6-3-7-13-23)18-25-14-8-9-15-25/h16H,1-15,17-18H2,(H,24,26). The zero-order valence-electron chi connectivity index (χ0n) is 16.9. The highest BCUT2D eigenvalue weighted by Crippen LogP contribution is 2.37. The molecule has 3 nitrogen and oxygen atoms in total. The molecule has 0 bridgehead atoms.